The van der Waals surface area contributed by atoms with Crippen molar-refractivity contribution < 1.29 is 40.5 Å². The first-order chi connectivity index (χ1) is 7.77. The minimum Gasteiger partial charge on any atom is -1.00 e. The molecule has 90 valence electrons. The van der Waals surface area contributed by atoms with Crippen molar-refractivity contribution in [3.63, 3.8) is 0 Å². The predicted molar refractivity (Wildman–Crippen MR) is 66.5 cm³/mol. The largest absolute Gasteiger partial charge is 1.00 e. The number of ether oxygens (including phenoxy) is 1. The maximum atomic E-state index is 11.8. The Labute approximate surface area is 128 Å². The van der Waals surface area contributed by atoms with Gasteiger partial charge >= 0.3 is 35.5 Å². The molecule has 1 rings (SSSR count). The topological polar surface area (TPSA) is 26.3 Å². The van der Waals surface area contributed by atoms with Gasteiger partial charge in [-0.25, -0.2) is 0 Å². The number of carbonyl (C=O) groups is 1. The standard InChI is InChI=1S/C14H20O2.Na.H/c1-3-5-9-12(4-2)14(15)16-13-10-7-6-8-11-13;;/h6-8,10-12H,3-5,9H2,1-2H3;;/q;+1;-1. The Balaban J connectivity index is 0. The number of carbonyl (C=O) groups excluding carboxylic acids is 1. The average molecular weight is 244 g/mol. The van der Waals surface area contributed by atoms with Gasteiger partial charge in [0.2, 0.25) is 0 Å². The zero-order chi connectivity index (χ0) is 11.8. The quantitative estimate of drug-likeness (QED) is 0.423. The SMILES string of the molecule is CCCCC(CC)C(=O)Oc1ccccc1.[H-].[Na+]. The summed E-state index contributed by atoms with van der Waals surface area (Å²) in [6.45, 7) is 4.17. The van der Waals surface area contributed by atoms with Crippen molar-refractivity contribution in [3.8, 4) is 5.75 Å². The van der Waals surface area contributed by atoms with Crippen LogP contribution in [0.5, 0.6) is 5.75 Å². The monoisotopic (exact) mass is 244 g/mol. The molecule has 0 saturated heterocycles. The Bertz CT molecular complexity index is 317. The first-order valence-corrected chi connectivity index (χ1v) is 6.04. The summed E-state index contributed by atoms with van der Waals surface area (Å²) in [7, 11) is 0. The van der Waals surface area contributed by atoms with E-state index in [2.05, 4.69) is 6.92 Å². The van der Waals surface area contributed by atoms with Crippen LogP contribution in [-0.2, 0) is 4.79 Å². The number of unbranched alkanes of at least 4 members (excludes halogenated alkanes) is 1. The van der Waals surface area contributed by atoms with Crippen molar-refractivity contribution in [3.05, 3.63) is 30.3 Å². The summed E-state index contributed by atoms with van der Waals surface area (Å²) in [5, 5.41) is 0. The Morgan fingerprint density at radius 1 is 1.29 bits per heavy atom. The van der Waals surface area contributed by atoms with E-state index in [-0.39, 0.29) is 42.9 Å². The van der Waals surface area contributed by atoms with E-state index < -0.39 is 0 Å². The smallest absolute Gasteiger partial charge is 1.00 e. The molecule has 0 N–H and O–H groups in total. The third-order valence-corrected chi connectivity index (χ3v) is 2.69. The summed E-state index contributed by atoms with van der Waals surface area (Å²) >= 11 is 0. The van der Waals surface area contributed by atoms with Crippen molar-refractivity contribution >= 4 is 5.97 Å². The van der Waals surface area contributed by atoms with E-state index in [4.69, 9.17) is 4.74 Å². The molecule has 1 atom stereocenters. The van der Waals surface area contributed by atoms with E-state index in [0.717, 1.165) is 25.7 Å². The molecule has 3 heteroatoms. The summed E-state index contributed by atoms with van der Waals surface area (Å²) in [6, 6.07) is 9.27. The molecule has 1 unspecified atom stereocenters. The van der Waals surface area contributed by atoms with Gasteiger partial charge in [0.1, 0.15) is 5.75 Å². The van der Waals surface area contributed by atoms with Crippen molar-refractivity contribution in [1.29, 1.82) is 0 Å². The van der Waals surface area contributed by atoms with Gasteiger partial charge in [-0.2, -0.15) is 0 Å². The van der Waals surface area contributed by atoms with Crippen LogP contribution in [0.3, 0.4) is 0 Å². The summed E-state index contributed by atoms with van der Waals surface area (Å²) < 4.78 is 5.33. The summed E-state index contributed by atoms with van der Waals surface area (Å²) in [5.41, 5.74) is 0. The first-order valence-electron chi connectivity index (χ1n) is 6.04. The molecule has 0 aliphatic rings. The Morgan fingerprint density at radius 3 is 2.47 bits per heavy atom. The third-order valence-electron chi connectivity index (χ3n) is 2.69. The fourth-order valence-electron chi connectivity index (χ4n) is 1.63. The van der Waals surface area contributed by atoms with Crippen molar-refractivity contribution in [1.82, 2.24) is 0 Å². The van der Waals surface area contributed by atoms with Crippen LogP contribution in [0.15, 0.2) is 30.3 Å². The van der Waals surface area contributed by atoms with E-state index in [1.54, 1.807) is 0 Å². The van der Waals surface area contributed by atoms with Crippen LogP contribution in [0.1, 0.15) is 41.0 Å². The normalized spacial score (nSPS) is 11.4. The van der Waals surface area contributed by atoms with Crippen LogP contribution >= 0.6 is 0 Å². The van der Waals surface area contributed by atoms with Crippen LogP contribution in [0.4, 0.5) is 0 Å². The van der Waals surface area contributed by atoms with Crippen molar-refractivity contribution in [2.24, 2.45) is 5.92 Å². The maximum Gasteiger partial charge on any atom is 1.00 e. The number of hydrogen-bond donors (Lipinski definition) is 0. The second-order valence-corrected chi connectivity index (χ2v) is 3.98. The van der Waals surface area contributed by atoms with E-state index in [1.807, 2.05) is 37.3 Å². The van der Waals surface area contributed by atoms with Crippen molar-refractivity contribution in [2.75, 3.05) is 0 Å². The molecule has 0 amide bonds. The molecule has 1 aromatic rings. The van der Waals surface area contributed by atoms with Gasteiger partial charge in [-0.05, 0) is 25.0 Å². The fraction of sp³-hybridized carbons (Fsp3) is 0.500. The minimum atomic E-state index is -0.0952. The number of esters is 1. The van der Waals surface area contributed by atoms with Gasteiger partial charge < -0.3 is 6.16 Å². The molecule has 0 aliphatic heterocycles. The maximum absolute atomic E-state index is 11.8. The number of para-hydroxylation sites is 1. The van der Waals surface area contributed by atoms with Gasteiger partial charge in [0.05, 0.1) is 5.92 Å². The van der Waals surface area contributed by atoms with Gasteiger partial charge in [-0.1, -0.05) is 44.9 Å². The number of hydrogen-bond acceptors (Lipinski definition) is 2. The molecule has 0 aromatic heterocycles. The molecule has 17 heavy (non-hydrogen) atoms. The second-order valence-electron chi connectivity index (χ2n) is 3.98. The predicted octanol–water partition coefficient (Wildman–Crippen LogP) is 0.925. The van der Waals surface area contributed by atoms with Gasteiger partial charge in [-0.3, -0.25) is 4.79 Å². The van der Waals surface area contributed by atoms with E-state index >= 15 is 0 Å². The third kappa shape index (κ3) is 6.25. The molecule has 0 fully saturated rings. The van der Waals surface area contributed by atoms with E-state index in [0.29, 0.717) is 5.75 Å². The fourth-order valence-corrected chi connectivity index (χ4v) is 1.63. The zero-order valence-electron chi connectivity index (χ0n) is 12.1. The molecular weight excluding hydrogens is 223 g/mol. The molecule has 2 nitrogen and oxygen atoms in total. The molecule has 0 saturated carbocycles. The van der Waals surface area contributed by atoms with E-state index in [1.165, 1.54) is 0 Å². The molecule has 0 spiro atoms. The molecule has 0 heterocycles. The number of rotatable bonds is 6. The molecule has 0 aliphatic carbocycles. The summed E-state index contributed by atoms with van der Waals surface area (Å²) in [6.07, 6.45) is 3.99. The van der Waals surface area contributed by atoms with Gasteiger partial charge in [0, 0.05) is 0 Å². The van der Waals surface area contributed by atoms with Gasteiger partial charge in [0.25, 0.3) is 0 Å². The van der Waals surface area contributed by atoms with Crippen LogP contribution in [0, 0.1) is 5.92 Å². The van der Waals surface area contributed by atoms with Crippen LogP contribution in [0.25, 0.3) is 0 Å². The molecule has 0 bridgehead atoms. The van der Waals surface area contributed by atoms with Crippen LogP contribution < -0.4 is 34.3 Å². The van der Waals surface area contributed by atoms with E-state index in [9.17, 15) is 4.79 Å². The first kappa shape index (κ1) is 16.7. The molecule has 1 aromatic carbocycles. The Morgan fingerprint density at radius 2 is 1.94 bits per heavy atom. The minimum absolute atomic E-state index is 0. The van der Waals surface area contributed by atoms with Gasteiger partial charge in [0.15, 0.2) is 0 Å². The molecular formula is C14H21NaO2. The van der Waals surface area contributed by atoms with Crippen molar-refractivity contribution in [2.45, 2.75) is 39.5 Å². The van der Waals surface area contributed by atoms with Crippen LogP contribution in [0.2, 0.25) is 0 Å². The zero-order valence-corrected chi connectivity index (χ0v) is 13.1. The van der Waals surface area contributed by atoms with Gasteiger partial charge in [-0.15, -0.1) is 0 Å². The average Bonchev–Trinajstić information content (AvgIpc) is 2.31. The Hall–Kier alpha value is -0.310. The number of benzene rings is 1. The summed E-state index contributed by atoms with van der Waals surface area (Å²) in [4.78, 5) is 11.8. The van der Waals surface area contributed by atoms with Crippen LogP contribution in [-0.4, -0.2) is 5.97 Å². The Kier molecular flexibility index (Phi) is 9.52. The molecule has 0 radical (unpaired) electrons. The summed E-state index contributed by atoms with van der Waals surface area (Å²) in [5.74, 6) is 0.588. The second kappa shape index (κ2) is 9.69.